The number of para-hydroxylation sites is 1. The van der Waals surface area contributed by atoms with Crippen LogP contribution >= 0.6 is 0 Å². The van der Waals surface area contributed by atoms with Gasteiger partial charge in [0.1, 0.15) is 0 Å². The van der Waals surface area contributed by atoms with E-state index in [9.17, 15) is 19.7 Å². The SMILES string of the molecule is Cc1cccc(-c2nc3ccccc3c(=O)n2NC(=O)Cc2ccc([N+](=O)[O-])cc2)c1. The molecule has 0 fully saturated rings. The number of amides is 1. The minimum Gasteiger partial charge on any atom is -0.273 e. The van der Waals surface area contributed by atoms with Crippen molar-refractivity contribution in [2.45, 2.75) is 13.3 Å². The van der Waals surface area contributed by atoms with E-state index < -0.39 is 10.8 Å². The molecule has 0 saturated carbocycles. The van der Waals surface area contributed by atoms with E-state index in [0.29, 0.717) is 27.9 Å². The van der Waals surface area contributed by atoms with Gasteiger partial charge in [-0.15, -0.1) is 0 Å². The molecule has 1 aromatic heterocycles. The molecule has 0 aliphatic heterocycles. The number of aryl methyl sites for hydroxylation is 1. The van der Waals surface area contributed by atoms with Gasteiger partial charge in [-0.1, -0.05) is 48.0 Å². The molecule has 1 amide bonds. The second-order valence-electron chi connectivity index (χ2n) is 7.10. The molecule has 0 aliphatic rings. The lowest BCUT2D eigenvalue weighted by Gasteiger charge is -2.15. The first kappa shape index (κ1) is 20.0. The summed E-state index contributed by atoms with van der Waals surface area (Å²) >= 11 is 0. The van der Waals surface area contributed by atoms with E-state index in [1.54, 1.807) is 24.3 Å². The number of non-ortho nitro benzene ring substituents is 1. The first-order valence-electron chi connectivity index (χ1n) is 9.54. The Morgan fingerprint density at radius 3 is 2.52 bits per heavy atom. The molecule has 154 valence electrons. The van der Waals surface area contributed by atoms with Gasteiger partial charge in [-0.3, -0.25) is 25.1 Å². The van der Waals surface area contributed by atoms with Crippen LogP contribution in [0.2, 0.25) is 0 Å². The number of nitro groups is 1. The van der Waals surface area contributed by atoms with Crippen LogP contribution in [0.5, 0.6) is 0 Å². The van der Waals surface area contributed by atoms with Gasteiger partial charge >= 0.3 is 0 Å². The van der Waals surface area contributed by atoms with E-state index in [2.05, 4.69) is 10.4 Å². The Labute approximate surface area is 176 Å². The average Bonchev–Trinajstić information content (AvgIpc) is 2.76. The average molecular weight is 414 g/mol. The van der Waals surface area contributed by atoms with Gasteiger partial charge in [-0.25, -0.2) is 4.98 Å². The van der Waals surface area contributed by atoms with E-state index in [-0.39, 0.29) is 17.7 Å². The van der Waals surface area contributed by atoms with E-state index in [1.165, 1.54) is 24.3 Å². The molecule has 0 unspecified atom stereocenters. The molecule has 0 aliphatic carbocycles. The highest BCUT2D eigenvalue weighted by Gasteiger charge is 2.16. The second-order valence-corrected chi connectivity index (χ2v) is 7.10. The normalized spacial score (nSPS) is 10.7. The molecule has 4 rings (SSSR count). The van der Waals surface area contributed by atoms with Crippen molar-refractivity contribution in [1.29, 1.82) is 0 Å². The zero-order chi connectivity index (χ0) is 22.0. The minimum absolute atomic E-state index is 0.0511. The van der Waals surface area contributed by atoms with Crippen LogP contribution in [0, 0.1) is 17.0 Å². The third-order valence-corrected chi connectivity index (χ3v) is 4.80. The Bertz CT molecular complexity index is 1360. The summed E-state index contributed by atoms with van der Waals surface area (Å²) in [6.45, 7) is 1.93. The molecule has 0 atom stereocenters. The predicted molar refractivity (Wildman–Crippen MR) is 117 cm³/mol. The molecule has 0 saturated heterocycles. The quantitative estimate of drug-likeness (QED) is 0.397. The van der Waals surface area contributed by atoms with E-state index in [0.717, 1.165) is 10.2 Å². The lowest BCUT2D eigenvalue weighted by Crippen LogP contribution is -2.35. The molecule has 0 bridgehead atoms. The van der Waals surface area contributed by atoms with Gasteiger partial charge in [0.2, 0.25) is 5.91 Å². The van der Waals surface area contributed by atoms with Gasteiger partial charge in [-0.05, 0) is 30.7 Å². The Morgan fingerprint density at radius 2 is 1.81 bits per heavy atom. The first-order chi connectivity index (χ1) is 14.9. The zero-order valence-electron chi connectivity index (χ0n) is 16.6. The summed E-state index contributed by atoms with van der Waals surface area (Å²) in [6, 6.07) is 20.1. The molecule has 8 nitrogen and oxygen atoms in total. The molecule has 1 N–H and O–H groups in total. The molecule has 4 aromatic rings. The van der Waals surface area contributed by atoms with Crippen LogP contribution in [0.15, 0.2) is 77.6 Å². The molecule has 0 spiro atoms. The van der Waals surface area contributed by atoms with Gasteiger partial charge in [0, 0.05) is 17.7 Å². The van der Waals surface area contributed by atoms with Crippen LogP contribution < -0.4 is 11.0 Å². The third kappa shape index (κ3) is 4.18. The van der Waals surface area contributed by atoms with Crippen molar-refractivity contribution < 1.29 is 9.72 Å². The number of carbonyl (C=O) groups is 1. The highest BCUT2D eigenvalue weighted by Crippen LogP contribution is 2.19. The fourth-order valence-electron chi connectivity index (χ4n) is 3.30. The van der Waals surface area contributed by atoms with Gasteiger partial charge in [0.15, 0.2) is 5.82 Å². The molecule has 0 radical (unpaired) electrons. The van der Waals surface area contributed by atoms with Crippen molar-refractivity contribution in [3.63, 3.8) is 0 Å². The number of rotatable bonds is 5. The number of fused-ring (bicyclic) bond motifs is 1. The van der Waals surface area contributed by atoms with Crippen LogP contribution in [0.4, 0.5) is 5.69 Å². The maximum atomic E-state index is 13.1. The molecular formula is C23H18N4O4. The topological polar surface area (TPSA) is 107 Å². The zero-order valence-corrected chi connectivity index (χ0v) is 16.6. The Morgan fingerprint density at radius 1 is 1.06 bits per heavy atom. The van der Waals surface area contributed by atoms with Gasteiger partial charge in [0.25, 0.3) is 11.2 Å². The van der Waals surface area contributed by atoms with Crippen molar-refractivity contribution in [3.8, 4) is 11.4 Å². The van der Waals surface area contributed by atoms with Gasteiger partial charge in [0.05, 0.1) is 22.2 Å². The Kier molecular flexibility index (Phi) is 5.28. The number of carbonyl (C=O) groups excluding carboxylic acids is 1. The standard InChI is InChI=1S/C23H18N4O4/c1-15-5-4-6-17(13-15)22-24-20-8-3-2-7-19(20)23(29)26(22)25-21(28)14-16-9-11-18(12-10-16)27(30)31/h2-13H,14H2,1H3,(H,25,28). The number of nitrogens with zero attached hydrogens (tertiary/aromatic N) is 3. The monoisotopic (exact) mass is 414 g/mol. The minimum atomic E-state index is -0.502. The first-order valence-corrected chi connectivity index (χ1v) is 9.54. The third-order valence-electron chi connectivity index (χ3n) is 4.80. The van der Waals surface area contributed by atoms with Crippen molar-refractivity contribution >= 4 is 22.5 Å². The Balaban J connectivity index is 1.72. The highest BCUT2D eigenvalue weighted by molar-refractivity contribution is 5.87. The molecule has 8 heteroatoms. The van der Waals surface area contributed by atoms with Crippen LogP contribution in [0.1, 0.15) is 11.1 Å². The van der Waals surface area contributed by atoms with Crippen molar-refractivity contribution in [2.75, 3.05) is 5.43 Å². The number of nitro benzene ring substituents is 1. The van der Waals surface area contributed by atoms with Crippen LogP contribution in [0.3, 0.4) is 0 Å². The van der Waals surface area contributed by atoms with Crippen molar-refractivity contribution in [1.82, 2.24) is 9.66 Å². The predicted octanol–water partition coefficient (Wildman–Crippen LogP) is 3.59. The molecule has 31 heavy (non-hydrogen) atoms. The summed E-state index contributed by atoms with van der Waals surface area (Å²) < 4.78 is 1.16. The summed E-state index contributed by atoms with van der Waals surface area (Å²) in [5.74, 6) is -0.119. The van der Waals surface area contributed by atoms with Gasteiger partial charge < -0.3 is 0 Å². The largest absolute Gasteiger partial charge is 0.280 e. The summed E-state index contributed by atoms with van der Waals surface area (Å²) in [5.41, 5.74) is 5.00. The Hall–Kier alpha value is -4.33. The fraction of sp³-hybridized carbons (Fsp3) is 0.0870. The maximum Gasteiger partial charge on any atom is 0.280 e. The van der Waals surface area contributed by atoms with Crippen molar-refractivity contribution in [3.05, 3.63) is 104 Å². The van der Waals surface area contributed by atoms with E-state index in [1.807, 2.05) is 31.2 Å². The summed E-state index contributed by atoms with van der Waals surface area (Å²) in [7, 11) is 0. The van der Waals surface area contributed by atoms with E-state index in [4.69, 9.17) is 0 Å². The maximum absolute atomic E-state index is 13.1. The van der Waals surface area contributed by atoms with E-state index >= 15 is 0 Å². The number of benzene rings is 3. The summed E-state index contributed by atoms with van der Waals surface area (Å²) in [4.78, 5) is 40.8. The van der Waals surface area contributed by atoms with Gasteiger partial charge in [-0.2, -0.15) is 4.68 Å². The lowest BCUT2D eigenvalue weighted by molar-refractivity contribution is -0.384. The lowest BCUT2D eigenvalue weighted by atomic mass is 10.1. The molecular weight excluding hydrogens is 396 g/mol. The van der Waals surface area contributed by atoms with Crippen LogP contribution in [0.25, 0.3) is 22.3 Å². The second kappa shape index (κ2) is 8.19. The number of aromatic nitrogens is 2. The van der Waals surface area contributed by atoms with Crippen LogP contribution in [-0.4, -0.2) is 20.5 Å². The van der Waals surface area contributed by atoms with Crippen LogP contribution in [-0.2, 0) is 11.2 Å². The summed E-state index contributed by atoms with van der Waals surface area (Å²) in [5, 5.41) is 11.2. The number of nitrogens with one attached hydrogen (secondary N) is 1. The summed E-state index contributed by atoms with van der Waals surface area (Å²) in [6.07, 6.45) is -0.0511. The van der Waals surface area contributed by atoms with Crippen molar-refractivity contribution in [2.24, 2.45) is 0 Å². The fourth-order valence-corrected chi connectivity index (χ4v) is 3.30. The molecule has 1 heterocycles. The number of hydrogen-bond donors (Lipinski definition) is 1. The molecule has 3 aromatic carbocycles. The number of hydrogen-bond acceptors (Lipinski definition) is 5. The highest BCUT2D eigenvalue weighted by atomic mass is 16.6. The smallest absolute Gasteiger partial charge is 0.273 e.